The Morgan fingerprint density at radius 3 is 2.90 bits per heavy atom. The third-order valence-electron chi connectivity index (χ3n) is 3.83. The first-order valence-corrected chi connectivity index (χ1v) is 7.43. The fourth-order valence-corrected chi connectivity index (χ4v) is 2.74. The van der Waals surface area contributed by atoms with Gasteiger partial charge in [-0.25, -0.2) is 0 Å². The molecule has 1 aromatic carbocycles. The third kappa shape index (κ3) is 2.77. The zero-order valence-corrected chi connectivity index (χ0v) is 12.2. The molecule has 2 aromatic rings. The lowest BCUT2D eigenvalue weighted by Crippen LogP contribution is -2.24. The lowest BCUT2D eigenvalue weighted by atomic mass is 10.2. The van der Waals surface area contributed by atoms with E-state index < -0.39 is 0 Å². The van der Waals surface area contributed by atoms with E-state index in [1.165, 1.54) is 0 Å². The molecular weight excluding hydrogens is 264 g/mol. The van der Waals surface area contributed by atoms with Gasteiger partial charge in [0.1, 0.15) is 0 Å². The Kier molecular flexibility index (Phi) is 3.90. The molecule has 5 heteroatoms. The minimum atomic E-state index is 0.211. The summed E-state index contributed by atoms with van der Waals surface area (Å²) in [6.07, 6.45) is 3.41. The second-order valence-electron chi connectivity index (χ2n) is 5.16. The highest BCUT2D eigenvalue weighted by Crippen LogP contribution is 2.29. The number of aryl methyl sites for hydroxylation is 1. The van der Waals surface area contributed by atoms with Crippen molar-refractivity contribution in [2.75, 3.05) is 16.8 Å². The van der Waals surface area contributed by atoms with Gasteiger partial charge in [0, 0.05) is 25.7 Å². The van der Waals surface area contributed by atoms with Crippen molar-refractivity contribution in [3.05, 3.63) is 42.2 Å². The van der Waals surface area contributed by atoms with Crippen molar-refractivity contribution in [1.29, 1.82) is 0 Å². The van der Waals surface area contributed by atoms with Crippen molar-refractivity contribution in [2.45, 2.75) is 32.9 Å². The van der Waals surface area contributed by atoms with Crippen LogP contribution in [-0.2, 0) is 17.9 Å². The van der Waals surface area contributed by atoms with E-state index in [1.54, 1.807) is 0 Å². The molecule has 0 unspecified atom stereocenters. The molecule has 1 fully saturated rings. The lowest BCUT2D eigenvalue weighted by Gasteiger charge is -2.20. The fraction of sp³-hybridized carbons (Fsp3) is 0.375. The van der Waals surface area contributed by atoms with E-state index in [1.807, 2.05) is 46.1 Å². The highest BCUT2D eigenvalue weighted by atomic mass is 16.2. The fourth-order valence-electron chi connectivity index (χ4n) is 2.74. The summed E-state index contributed by atoms with van der Waals surface area (Å²) in [5.74, 6) is 0.211. The molecule has 1 aromatic heterocycles. The van der Waals surface area contributed by atoms with Crippen LogP contribution in [0.1, 0.15) is 25.5 Å². The molecule has 0 bridgehead atoms. The molecule has 2 heterocycles. The normalized spacial score (nSPS) is 14.7. The van der Waals surface area contributed by atoms with Gasteiger partial charge < -0.3 is 10.2 Å². The van der Waals surface area contributed by atoms with Gasteiger partial charge in [-0.1, -0.05) is 12.1 Å². The highest BCUT2D eigenvalue weighted by Gasteiger charge is 2.23. The Balaban J connectivity index is 1.78. The van der Waals surface area contributed by atoms with Crippen molar-refractivity contribution in [1.82, 2.24) is 9.78 Å². The largest absolute Gasteiger partial charge is 0.378 e. The second kappa shape index (κ2) is 5.99. The zero-order valence-electron chi connectivity index (χ0n) is 12.2. The summed E-state index contributed by atoms with van der Waals surface area (Å²) in [6, 6.07) is 10.0. The molecule has 5 nitrogen and oxygen atoms in total. The Morgan fingerprint density at radius 1 is 1.29 bits per heavy atom. The first-order valence-electron chi connectivity index (χ1n) is 7.43. The first-order chi connectivity index (χ1) is 10.3. The van der Waals surface area contributed by atoms with Crippen molar-refractivity contribution in [3.63, 3.8) is 0 Å². The van der Waals surface area contributed by atoms with E-state index in [0.717, 1.165) is 36.6 Å². The van der Waals surface area contributed by atoms with Crippen LogP contribution >= 0.6 is 0 Å². The smallest absolute Gasteiger partial charge is 0.227 e. The van der Waals surface area contributed by atoms with Crippen LogP contribution in [0, 0.1) is 0 Å². The summed E-state index contributed by atoms with van der Waals surface area (Å²) in [5, 5.41) is 7.70. The minimum absolute atomic E-state index is 0.211. The molecule has 1 N–H and O–H groups in total. The number of nitrogens with zero attached hydrogens (tertiary/aromatic N) is 3. The van der Waals surface area contributed by atoms with E-state index in [-0.39, 0.29) is 5.91 Å². The van der Waals surface area contributed by atoms with Crippen LogP contribution < -0.4 is 10.2 Å². The standard InChI is InChI=1S/C16H20N4O/c1-2-20-13(9-10-18-20)12-17-14-6-3-4-7-15(14)19-11-5-8-16(19)21/h3-4,6-7,9-10,17H,2,5,8,11-12H2,1H3. The Morgan fingerprint density at radius 2 is 2.14 bits per heavy atom. The molecule has 1 aliphatic heterocycles. The van der Waals surface area contributed by atoms with Crippen molar-refractivity contribution in [2.24, 2.45) is 0 Å². The van der Waals surface area contributed by atoms with Crippen molar-refractivity contribution >= 4 is 17.3 Å². The number of aromatic nitrogens is 2. The topological polar surface area (TPSA) is 50.2 Å². The van der Waals surface area contributed by atoms with Gasteiger partial charge in [-0.05, 0) is 31.5 Å². The predicted molar refractivity (Wildman–Crippen MR) is 83.3 cm³/mol. The maximum atomic E-state index is 11.9. The Hall–Kier alpha value is -2.30. The van der Waals surface area contributed by atoms with E-state index >= 15 is 0 Å². The van der Waals surface area contributed by atoms with E-state index in [2.05, 4.69) is 17.3 Å². The monoisotopic (exact) mass is 284 g/mol. The van der Waals surface area contributed by atoms with E-state index in [0.29, 0.717) is 13.0 Å². The Bertz CT molecular complexity index is 635. The molecule has 0 aliphatic carbocycles. The van der Waals surface area contributed by atoms with E-state index in [9.17, 15) is 4.79 Å². The second-order valence-corrected chi connectivity index (χ2v) is 5.16. The number of benzene rings is 1. The zero-order chi connectivity index (χ0) is 14.7. The number of nitrogens with one attached hydrogen (secondary N) is 1. The van der Waals surface area contributed by atoms with Crippen LogP contribution in [-0.4, -0.2) is 22.2 Å². The summed E-state index contributed by atoms with van der Waals surface area (Å²) in [5.41, 5.74) is 3.11. The first kappa shape index (κ1) is 13.7. The maximum absolute atomic E-state index is 11.9. The third-order valence-corrected chi connectivity index (χ3v) is 3.83. The van der Waals surface area contributed by atoms with Gasteiger partial charge in [0.15, 0.2) is 0 Å². The summed E-state index contributed by atoms with van der Waals surface area (Å²) in [6.45, 7) is 4.45. The van der Waals surface area contributed by atoms with Crippen LogP contribution in [0.5, 0.6) is 0 Å². The van der Waals surface area contributed by atoms with E-state index in [4.69, 9.17) is 0 Å². The molecular formula is C16H20N4O. The molecule has 1 saturated heterocycles. The van der Waals surface area contributed by atoms with Gasteiger partial charge in [-0.3, -0.25) is 9.48 Å². The molecule has 3 rings (SSSR count). The number of rotatable bonds is 5. The van der Waals surface area contributed by atoms with Crippen LogP contribution in [0.4, 0.5) is 11.4 Å². The van der Waals surface area contributed by atoms with Gasteiger partial charge in [-0.2, -0.15) is 5.10 Å². The van der Waals surface area contributed by atoms with Gasteiger partial charge in [0.05, 0.1) is 23.6 Å². The summed E-state index contributed by atoms with van der Waals surface area (Å²) >= 11 is 0. The average molecular weight is 284 g/mol. The SMILES string of the molecule is CCn1nccc1CNc1ccccc1N1CCCC1=O. The van der Waals surface area contributed by atoms with Gasteiger partial charge in [0.2, 0.25) is 5.91 Å². The molecule has 1 aliphatic rings. The van der Waals surface area contributed by atoms with Crippen LogP contribution in [0.3, 0.4) is 0 Å². The maximum Gasteiger partial charge on any atom is 0.227 e. The highest BCUT2D eigenvalue weighted by molar-refractivity contribution is 5.98. The van der Waals surface area contributed by atoms with Crippen LogP contribution in [0.25, 0.3) is 0 Å². The van der Waals surface area contributed by atoms with Gasteiger partial charge in [0.25, 0.3) is 0 Å². The van der Waals surface area contributed by atoms with Crippen LogP contribution in [0.2, 0.25) is 0 Å². The lowest BCUT2D eigenvalue weighted by molar-refractivity contribution is -0.117. The molecule has 1 amide bonds. The van der Waals surface area contributed by atoms with Gasteiger partial charge >= 0.3 is 0 Å². The number of hydrogen-bond acceptors (Lipinski definition) is 3. The van der Waals surface area contributed by atoms with Gasteiger partial charge in [-0.15, -0.1) is 0 Å². The number of carbonyl (C=O) groups is 1. The Labute approximate surface area is 124 Å². The van der Waals surface area contributed by atoms with Crippen molar-refractivity contribution in [3.8, 4) is 0 Å². The van der Waals surface area contributed by atoms with Crippen molar-refractivity contribution < 1.29 is 4.79 Å². The molecule has 0 saturated carbocycles. The minimum Gasteiger partial charge on any atom is -0.378 e. The predicted octanol–water partition coefficient (Wildman–Crippen LogP) is 2.64. The molecule has 0 spiro atoms. The molecule has 21 heavy (non-hydrogen) atoms. The summed E-state index contributed by atoms with van der Waals surface area (Å²) < 4.78 is 1.97. The quantitative estimate of drug-likeness (QED) is 0.918. The molecule has 0 atom stereocenters. The van der Waals surface area contributed by atoms with Crippen LogP contribution in [0.15, 0.2) is 36.5 Å². The molecule has 110 valence electrons. The molecule has 0 radical (unpaired) electrons. The number of amides is 1. The number of carbonyl (C=O) groups excluding carboxylic acids is 1. The summed E-state index contributed by atoms with van der Waals surface area (Å²) in [4.78, 5) is 13.8. The number of anilines is 2. The average Bonchev–Trinajstić information content (AvgIpc) is 3.13. The number of hydrogen-bond donors (Lipinski definition) is 1. The number of para-hydroxylation sites is 2. The summed E-state index contributed by atoms with van der Waals surface area (Å²) in [7, 11) is 0.